The number of hydrogen-bond donors (Lipinski definition) is 3. The monoisotopic (exact) mass is 558 g/mol. The molecule has 1 unspecified atom stereocenters. The van der Waals surface area contributed by atoms with Gasteiger partial charge in [-0.25, -0.2) is 9.37 Å². The fraction of sp³-hybridized carbons (Fsp3) is 0.107. The Labute approximate surface area is 232 Å². The zero-order chi connectivity index (χ0) is 28.8. The molecule has 1 atom stereocenters. The SMILES string of the molecule is CC(C(N)=O)N(c1ccc(F)cc1)c1nc(N)c(C(=O)c2ccc(OCC(=O)Nc3ccc(C#N)cc3)cc2)s1. The highest BCUT2D eigenvalue weighted by Crippen LogP contribution is 2.36. The molecule has 12 heteroatoms. The van der Waals surface area contributed by atoms with E-state index in [9.17, 15) is 18.8 Å². The summed E-state index contributed by atoms with van der Waals surface area (Å²) in [6, 6.07) is 19.1. The van der Waals surface area contributed by atoms with Crippen LogP contribution in [0.4, 0.5) is 26.7 Å². The molecule has 2 amide bonds. The van der Waals surface area contributed by atoms with Crippen molar-refractivity contribution in [2.24, 2.45) is 5.73 Å². The van der Waals surface area contributed by atoms with Crippen LogP contribution < -0.4 is 26.4 Å². The van der Waals surface area contributed by atoms with Gasteiger partial charge in [0.05, 0.1) is 11.6 Å². The summed E-state index contributed by atoms with van der Waals surface area (Å²) in [7, 11) is 0. The first kappa shape index (κ1) is 27.7. The summed E-state index contributed by atoms with van der Waals surface area (Å²) < 4.78 is 19.0. The van der Waals surface area contributed by atoms with Gasteiger partial charge in [0, 0.05) is 16.9 Å². The first-order valence-electron chi connectivity index (χ1n) is 11.8. The molecule has 0 fully saturated rings. The Morgan fingerprint density at radius 2 is 1.73 bits per heavy atom. The molecule has 4 rings (SSSR count). The predicted octanol–water partition coefficient (Wildman–Crippen LogP) is 4.00. The van der Waals surface area contributed by atoms with E-state index in [-0.39, 0.29) is 22.4 Å². The summed E-state index contributed by atoms with van der Waals surface area (Å²) in [5, 5.41) is 11.8. The molecule has 0 saturated heterocycles. The number of anilines is 4. The van der Waals surface area contributed by atoms with Crippen LogP contribution in [0.1, 0.15) is 27.7 Å². The van der Waals surface area contributed by atoms with Crippen LogP contribution >= 0.6 is 11.3 Å². The first-order chi connectivity index (χ1) is 19.2. The highest BCUT2D eigenvalue weighted by Gasteiger charge is 2.27. The predicted molar refractivity (Wildman–Crippen MR) is 149 cm³/mol. The molecule has 5 N–H and O–H groups in total. The number of thiazole rings is 1. The molecule has 1 aromatic heterocycles. The lowest BCUT2D eigenvalue weighted by atomic mass is 10.1. The van der Waals surface area contributed by atoms with Gasteiger partial charge in [0.2, 0.25) is 11.7 Å². The topological polar surface area (TPSA) is 164 Å². The molecule has 0 aliphatic heterocycles. The Kier molecular flexibility index (Phi) is 8.36. The zero-order valence-corrected chi connectivity index (χ0v) is 21.9. The summed E-state index contributed by atoms with van der Waals surface area (Å²) >= 11 is 0.974. The maximum Gasteiger partial charge on any atom is 0.262 e. The smallest absolute Gasteiger partial charge is 0.262 e. The van der Waals surface area contributed by atoms with Crippen molar-refractivity contribution in [1.82, 2.24) is 4.98 Å². The van der Waals surface area contributed by atoms with Crippen molar-refractivity contribution < 1.29 is 23.5 Å². The number of nitrogens with two attached hydrogens (primary N) is 2. The second-order valence-corrected chi connectivity index (χ2v) is 9.49. The largest absolute Gasteiger partial charge is 0.484 e. The van der Waals surface area contributed by atoms with Crippen LogP contribution in [0.5, 0.6) is 5.75 Å². The Balaban J connectivity index is 1.45. The van der Waals surface area contributed by atoms with E-state index in [1.165, 1.54) is 41.3 Å². The van der Waals surface area contributed by atoms with E-state index in [0.29, 0.717) is 28.3 Å². The molecular weight excluding hydrogens is 535 g/mol. The number of nitriles is 1. The van der Waals surface area contributed by atoms with E-state index in [1.807, 2.05) is 6.07 Å². The van der Waals surface area contributed by atoms with E-state index < -0.39 is 29.5 Å². The second-order valence-electron chi connectivity index (χ2n) is 8.52. The number of rotatable bonds is 10. The minimum Gasteiger partial charge on any atom is -0.484 e. The lowest BCUT2D eigenvalue weighted by molar-refractivity contribution is -0.119. The number of aromatic nitrogens is 1. The number of amides is 2. The third-order valence-electron chi connectivity index (χ3n) is 5.74. The minimum absolute atomic E-state index is 0.0337. The molecule has 0 spiro atoms. The number of halogens is 1. The third-order valence-corrected chi connectivity index (χ3v) is 6.81. The number of nitrogen functional groups attached to an aromatic ring is 1. The Morgan fingerprint density at radius 3 is 2.33 bits per heavy atom. The van der Waals surface area contributed by atoms with E-state index in [2.05, 4.69) is 10.3 Å². The number of primary amides is 1. The van der Waals surface area contributed by atoms with Crippen molar-refractivity contribution in [3.8, 4) is 11.8 Å². The van der Waals surface area contributed by atoms with Crippen molar-refractivity contribution >= 4 is 51.3 Å². The summed E-state index contributed by atoms with van der Waals surface area (Å²) in [6.07, 6.45) is 0. The molecular formula is C28H23FN6O4S. The van der Waals surface area contributed by atoms with Crippen molar-refractivity contribution in [3.05, 3.63) is 94.6 Å². The number of hydrogen-bond acceptors (Lipinski definition) is 9. The van der Waals surface area contributed by atoms with Gasteiger partial charge in [-0.3, -0.25) is 14.4 Å². The van der Waals surface area contributed by atoms with Gasteiger partial charge in [0.1, 0.15) is 28.3 Å². The molecule has 0 saturated carbocycles. The van der Waals surface area contributed by atoms with Crippen LogP contribution in [0.15, 0.2) is 72.8 Å². The number of ketones is 1. The maximum atomic E-state index is 13.5. The minimum atomic E-state index is -0.857. The number of carbonyl (C=O) groups excluding carboxylic acids is 3. The Hall–Kier alpha value is -5.28. The number of benzene rings is 3. The van der Waals surface area contributed by atoms with Gasteiger partial charge < -0.3 is 26.4 Å². The molecule has 0 radical (unpaired) electrons. The van der Waals surface area contributed by atoms with Crippen LogP contribution in [0.25, 0.3) is 0 Å². The van der Waals surface area contributed by atoms with Gasteiger partial charge in [0.25, 0.3) is 5.91 Å². The standard InChI is InChI=1S/C28H23FN6O4S/c1-16(27(32)38)35(21-10-6-19(29)7-11-21)28-34-26(31)25(40-28)24(37)18-4-12-22(13-5-18)39-15-23(36)33-20-8-2-17(14-30)3-9-20/h2-13,16H,15,31H2,1H3,(H2,32,38)(H,33,36). The van der Waals surface area contributed by atoms with E-state index in [4.69, 9.17) is 21.5 Å². The normalized spacial score (nSPS) is 11.2. The van der Waals surface area contributed by atoms with Gasteiger partial charge in [-0.2, -0.15) is 5.26 Å². The molecule has 0 aliphatic rings. The Bertz CT molecular complexity index is 1580. The van der Waals surface area contributed by atoms with Gasteiger partial charge in [-0.1, -0.05) is 11.3 Å². The van der Waals surface area contributed by atoms with Crippen LogP contribution in [0, 0.1) is 17.1 Å². The number of nitrogens with one attached hydrogen (secondary N) is 1. The molecule has 40 heavy (non-hydrogen) atoms. The zero-order valence-electron chi connectivity index (χ0n) is 21.1. The number of carbonyl (C=O) groups is 3. The fourth-order valence-corrected chi connectivity index (χ4v) is 4.67. The van der Waals surface area contributed by atoms with Gasteiger partial charge >= 0.3 is 0 Å². The lowest BCUT2D eigenvalue weighted by Crippen LogP contribution is -2.39. The molecule has 202 valence electrons. The second kappa shape index (κ2) is 12.1. The lowest BCUT2D eigenvalue weighted by Gasteiger charge is -2.26. The van der Waals surface area contributed by atoms with Crippen molar-refractivity contribution in [2.45, 2.75) is 13.0 Å². The van der Waals surface area contributed by atoms with Crippen molar-refractivity contribution in [3.63, 3.8) is 0 Å². The van der Waals surface area contributed by atoms with Gasteiger partial charge in [0.15, 0.2) is 11.7 Å². The molecule has 3 aromatic carbocycles. The van der Waals surface area contributed by atoms with Gasteiger partial charge in [-0.15, -0.1) is 0 Å². The highest BCUT2D eigenvalue weighted by atomic mass is 32.1. The van der Waals surface area contributed by atoms with E-state index >= 15 is 0 Å². The highest BCUT2D eigenvalue weighted by molar-refractivity contribution is 7.18. The van der Waals surface area contributed by atoms with Crippen LogP contribution in [-0.4, -0.2) is 35.2 Å². The van der Waals surface area contributed by atoms with Crippen LogP contribution in [-0.2, 0) is 9.59 Å². The summed E-state index contributed by atoms with van der Waals surface area (Å²) in [5.74, 6) is -1.57. The molecule has 0 aliphatic carbocycles. The van der Waals surface area contributed by atoms with Crippen molar-refractivity contribution in [2.75, 3.05) is 22.6 Å². The molecule has 10 nitrogen and oxygen atoms in total. The summed E-state index contributed by atoms with van der Waals surface area (Å²) in [4.78, 5) is 43.3. The van der Waals surface area contributed by atoms with Gasteiger partial charge in [-0.05, 0) is 79.7 Å². The molecule has 4 aromatic rings. The van der Waals surface area contributed by atoms with E-state index in [1.54, 1.807) is 43.3 Å². The quantitative estimate of drug-likeness (QED) is 0.246. The van der Waals surface area contributed by atoms with Crippen LogP contribution in [0.3, 0.4) is 0 Å². The average molecular weight is 559 g/mol. The van der Waals surface area contributed by atoms with Crippen molar-refractivity contribution in [1.29, 1.82) is 5.26 Å². The van der Waals surface area contributed by atoms with E-state index in [0.717, 1.165) is 11.3 Å². The number of nitrogens with zero attached hydrogens (tertiary/aromatic N) is 3. The average Bonchev–Trinajstić information content (AvgIpc) is 3.34. The fourth-order valence-electron chi connectivity index (χ4n) is 3.62. The maximum absolute atomic E-state index is 13.5. The Morgan fingerprint density at radius 1 is 1.07 bits per heavy atom. The summed E-state index contributed by atoms with van der Waals surface area (Å²) in [6.45, 7) is 1.30. The molecule has 0 bridgehead atoms. The van der Waals surface area contributed by atoms with Crippen LogP contribution in [0.2, 0.25) is 0 Å². The summed E-state index contributed by atoms with van der Waals surface area (Å²) in [5.41, 5.74) is 13.3. The molecule has 1 heterocycles. The first-order valence-corrected chi connectivity index (χ1v) is 12.7. The number of ether oxygens (including phenoxy) is 1. The third kappa shape index (κ3) is 6.40.